The molecule has 0 aliphatic carbocycles. The molecule has 1 saturated heterocycles. The summed E-state index contributed by atoms with van der Waals surface area (Å²) in [5, 5.41) is 3.20. The number of benzene rings is 2. The quantitative estimate of drug-likeness (QED) is 0.571. The topological polar surface area (TPSA) is 63.7 Å². The highest BCUT2D eigenvalue weighted by molar-refractivity contribution is 5.95. The Morgan fingerprint density at radius 2 is 1.88 bits per heavy atom. The van der Waals surface area contributed by atoms with E-state index in [4.69, 9.17) is 9.47 Å². The van der Waals surface area contributed by atoms with Crippen LogP contribution in [0.2, 0.25) is 0 Å². The maximum absolute atomic E-state index is 13.0. The number of hydrogen-bond acceptors (Lipinski definition) is 5. The number of para-hydroxylation sites is 1. The first-order valence-corrected chi connectivity index (χ1v) is 11.1. The van der Waals surface area contributed by atoms with Crippen molar-refractivity contribution >= 4 is 11.6 Å². The van der Waals surface area contributed by atoms with Gasteiger partial charge in [0, 0.05) is 42.8 Å². The Labute approximate surface area is 189 Å². The van der Waals surface area contributed by atoms with Crippen LogP contribution in [0.15, 0.2) is 73.1 Å². The molecule has 3 aromatic rings. The summed E-state index contributed by atoms with van der Waals surface area (Å²) < 4.78 is 11.7. The lowest BCUT2D eigenvalue weighted by atomic mass is 10.0. The van der Waals surface area contributed by atoms with Crippen LogP contribution in [-0.2, 0) is 6.61 Å². The SMILES string of the molecule is CCOc1cc(C(=O)NC2CCCN(c3ccccc3)C2)ccc1OCc1ccncc1. The standard InChI is InChI=1S/C26H29N3O3/c1-2-31-25-17-21(10-11-24(25)32-19-20-12-14-27-15-13-20)26(30)28-22-7-6-16-29(18-22)23-8-4-3-5-9-23/h3-5,8-15,17,22H,2,6-7,16,18-19H2,1H3,(H,28,30). The molecule has 1 N–H and O–H groups in total. The molecule has 166 valence electrons. The Kier molecular flexibility index (Phi) is 7.23. The number of nitrogens with one attached hydrogen (secondary N) is 1. The van der Waals surface area contributed by atoms with Crippen LogP contribution in [0.5, 0.6) is 11.5 Å². The van der Waals surface area contributed by atoms with E-state index in [2.05, 4.69) is 27.3 Å². The number of aromatic nitrogens is 1. The third-order valence-electron chi connectivity index (χ3n) is 5.53. The molecule has 0 saturated carbocycles. The van der Waals surface area contributed by atoms with Gasteiger partial charge in [0.25, 0.3) is 5.91 Å². The zero-order valence-electron chi connectivity index (χ0n) is 18.4. The summed E-state index contributed by atoms with van der Waals surface area (Å²) in [6, 6.07) is 19.6. The van der Waals surface area contributed by atoms with E-state index >= 15 is 0 Å². The molecule has 2 heterocycles. The Hall–Kier alpha value is -3.54. The molecule has 6 heteroatoms. The molecule has 4 rings (SSSR count). The van der Waals surface area contributed by atoms with E-state index in [1.807, 2.05) is 37.3 Å². The van der Waals surface area contributed by atoms with E-state index in [9.17, 15) is 4.79 Å². The summed E-state index contributed by atoms with van der Waals surface area (Å²) in [6.45, 7) is 4.63. The van der Waals surface area contributed by atoms with Gasteiger partial charge in [0.15, 0.2) is 11.5 Å². The average Bonchev–Trinajstić information content (AvgIpc) is 2.85. The van der Waals surface area contributed by atoms with Crippen molar-refractivity contribution in [3.63, 3.8) is 0 Å². The molecule has 32 heavy (non-hydrogen) atoms. The lowest BCUT2D eigenvalue weighted by Gasteiger charge is -2.34. The molecule has 1 aliphatic heterocycles. The summed E-state index contributed by atoms with van der Waals surface area (Å²) in [7, 11) is 0. The lowest BCUT2D eigenvalue weighted by Crippen LogP contribution is -2.47. The van der Waals surface area contributed by atoms with Crippen LogP contribution < -0.4 is 19.7 Å². The van der Waals surface area contributed by atoms with Gasteiger partial charge in [-0.3, -0.25) is 9.78 Å². The second-order valence-corrected chi connectivity index (χ2v) is 7.83. The number of ether oxygens (including phenoxy) is 2. The predicted molar refractivity (Wildman–Crippen MR) is 125 cm³/mol. The van der Waals surface area contributed by atoms with Gasteiger partial charge in [-0.2, -0.15) is 0 Å². The Morgan fingerprint density at radius 3 is 2.66 bits per heavy atom. The molecule has 0 spiro atoms. The maximum Gasteiger partial charge on any atom is 0.251 e. The molecule has 1 aliphatic rings. The number of hydrogen-bond donors (Lipinski definition) is 1. The molecule has 2 aromatic carbocycles. The van der Waals surface area contributed by atoms with Crippen molar-refractivity contribution in [2.45, 2.75) is 32.4 Å². The van der Waals surface area contributed by atoms with Crippen LogP contribution in [0.1, 0.15) is 35.7 Å². The van der Waals surface area contributed by atoms with Gasteiger partial charge < -0.3 is 19.7 Å². The number of pyridine rings is 1. The number of carbonyl (C=O) groups excluding carboxylic acids is 1. The Bertz CT molecular complexity index is 1010. The monoisotopic (exact) mass is 431 g/mol. The van der Waals surface area contributed by atoms with E-state index < -0.39 is 0 Å². The minimum Gasteiger partial charge on any atom is -0.490 e. The minimum absolute atomic E-state index is 0.0912. The zero-order chi connectivity index (χ0) is 22.2. The highest BCUT2D eigenvalue weighted by atomic mass is 16.5. The van der Waals surface area contributed by atoms with E-state index in [1.54, 1.807) is 30.6 Å². The predicted octanol–water partition coefficient (Wildman–Crippen LogP) is 4.46. The maximum atomic E-state index is 13.0. The number of rotatable bonds is 8. The van der Waals surface area contributed by atoms with Crippen molar-refractivity contribution in [2.75, 3.05) is 24.6 Å². The van der Waals surface area contributed by atoms with Crippen molar-refractivity contribution in [1.29, 1.82) is 0 Å². The Balaban J connectivity index is 1.41. The number of carbonyl (C=O) groups is 1. The van der Waals surface area contributed by atoms with Crippen molar-refractivity contribution in [1.82, 2.24) is 10.3 Å². The number of piperidine rings is 1. The van der Waals surface area contributed by atoms with Gasteiger partial charge in [0.05, 0.1) is 6.61 Å². The second kappa shape index (κ2) is 10.7. The van der Waals surface area contributed by atoms with Crippen LogP contribution in [0, 0.1) is 0 Å². The molecule has 1 fully saturated rings. The zero-order valence-corrected chi connectivity index (χ0v) is 18.4. The average molecular weight is 432 g/mol. The van der Waals surface area contributed by atoms with Gasteiger partial charge in [-0.1, -0.05) is 18.2 Å². The lowest BCUT2D eigenvalue weighted by molar-refractivity contribution is 0.0932. The molecule has 1 unspecified atom stereocenters. The number of anilines is 1. The summed E-state index contributed by atoms with van der Waals surface area (Å²) >= 11 is 0. The van der Waals surface area contributed by atoms with E-state index in [0.717, 1.165) is 31.5 Å². The fourth-order valence-electron chi connectivity index (χ4n) is 3.91. The first-order chi connectivity index (χ1) is 15.7. The van der Waals surface area contributed by atoms with Gasteiger partial charge in [0.2, 0.25) is 0 Å². The largest absolute Gasteiger partial charge is 0.490 e. The third kappa shape index (κ3) is 5.58. The fraction of sp³-hybridized carbons (Fsp3) is 0.308. The van der Waals surface area contributed by atoms with E-state index in [-0.39, 0.29) is 11.9 Å². The Morgan fingerprint density at radius 1 is 1.06 bits per heavy atom. The smallest absolute Gasteiger partial charge is 0.251 e. The molecule has 1 aromatic heterocycles. The number of amides is 1. The summed E-state index contributed by atoms with van der Waals surface area (Å²) in [5.74, 6) is 1.10. The van der Waals surface area contributed by atoms with Crippen LogP contribution in [0.25, 0.3) is 0 Å². The van der Waals surface area contributed by atoms with Gasteiger partial charge in [-0.05, 0) is 67.8 Å². The van der Waals surface area contributed by atoms with Gasteiger partial charge in [0.1, 0.15) is 6.61 Å². The first kappa shape index (κ1) is 21.7. The molecule has 1 amide bonds. The van der Waals surface area contributed by atoms with E-state index in [1.165, 1.54) is 5.69 Å². The van der Waals surface area contributed by atoms with Crippen molar-refractivity contribution in [3.05, 3.63) is 84.2 Å². The summed E-state index contributed by atoms with van der Waals surface area (Å²) in [4.78, 5) is 19.3. The normalized spacial score (nSPS) is 15.8. The fourth-order valence-corrected chi connectivity index (χ4v) is 3.91. The van der Waals surface area contributed by atoms with Crippen LogP contribution in [0.3, 0.4) is 0 Å². The van der Waals surface area contributed by atoms with Gasteiger partial charge in [-0.25, -0.2) is 0 Å². The third-order valence-corrected chi connectivity index (χ3v) is 5.53. The molecular formula is C26H29N3O3. The molecule has 6 nitrogen and oxygen atoms in total. The second-order valence-electron chi connectivity index (χ2n) is 7.83. The van der Waals surface area contributed by atoms with Crippen molar-refractivity contribution in [3.8, 4) is 11.5 Å². The summed E-state index contributed by atoms with van der Waals surface area (Å²) in [5.41, 5.74) is 2.78. The molecule has 0 bridgehead atoms. The van der Waals surface area contributed by atoms with Gasteiger partial charge >= 0.3 is 0 Å². The van der Waals surface area contributed by atoms with Gasteiger partial charge in [-0.15, -0.1) is 0 Å². The molecule has 1 atom stereocenters. The van der Waals surface area contributed by atoms with Crippen molar-refractivity contribution < 1.29 is 14.3 Å². The highest BCUT2D eigenvalue weighted by Gasteiger charge is 2.22. The highest BCUT2D eigenvalue weighted by Crippen LogP contribution is 2.29. The minimum atomic E-state index is -0.0912. The van der Waals surface area contributed by atoms with Crippen LogP contribution in [0.4, 0.5) is 5.69 Å². The number of nitrogens with zero attached hydrogens (tertiary/aromatic N) is 2. The van der Waals surface area contributed by atoms with Crippen LogP contribution in [-0.4, -0.2) is 36.6 Å². The molecular weight excluding hydrogens is 402 g/mol. The van der Waals surface area contributed by atoms with Crippen molar-refractivity contribution in [2.24, 2.45) is 0 Å². The van der Waals surface area contributed by atoms with Crippen LogP contribution >= 0.6 is 0 Å². The first-order valence-electron chi connectivity index (χ1n) is 11.1. The summed E-state index contributed by atoms with van der Waals surface area (Å²) in [6.07, 6.45) is 5.49. The molecule has 0 radical (unpaired) electrons. The van der Waals surface area contributed by atoms with E-state index in [0.29, 0.717) is 30.3 Å².